The minimum absolute atomic E-state index is 0.0612. The molecule has 0 aliphatic rings. The second kappa shape index (κ2) is 7.94. The summed E-state index contributed by atoms with van der Waals surface area (Å²) in [6.45, 7) is 1.69. The summed E-state index contributed by atoms with van der Waals surface area (Å²) in [5.74, 6) is -0.374. The molecule has 0 saturated carbocycles. The van der Waals surface area contributed by atoms with Crippen LogP contribution in [0, 0.1) is 6.92 Å². The van der Waals surface area contributed by atoms with Gasteiger partial charge in [-0.05, 0) is 61.0 Å². The van der Waals surface area contributed by atoms with Crippen LogP contribution in [0.25, 0.3) is 0 Å². The van der Waals surface area contributed by atoms with Crippen molar-refractivity contribution in [1.29, 1.82) is 0 Å². The minimum atomic E-state index is -3.83. The first-order valence-electron chi connectivity index (χ1n) is 8.10. The Labute approximate surface area is 166 Å². The van der Waals surface area contributed by atoms with Crippen molar-refractivity contribution in [3.63, 3.8) is 0 Å². The largest absolute Gasteiger partial charge is 0.322 e. The minimum Gasteiger partial charge on any atom is -0.322 e. The highest BCUT2D eigenvalue weighted by molar-refractivity contribution is 9.10. The Balaban J connectivity index is 1.88. The molecular weight excluding hydrogens is 428 g/mol. The average molecular weight is 445 g/mol. The predicted molar refractivity (Wildman–Crippen MR) is 111 cm³/mol. The summed E-state index contributed by atoms with van der Waals surface area (Å²) in [6, 6.07) is 20.4. The Hall–Kier alpha value is -2.64. The van der Waals surface area contributed by atoms with Crippen LogP contribution >= 0.6 is 15.9 Å². The van der Waals surface area contributed by atoms with Crippen molar-refractivity contribution < 1.29 is 13.2 Å². The molecule has 3 aromatic carbocycles. The van der Waals surface area contributed by atoms with Crippen molar-refractivity contribution in [2.45, 2.75) is 11.8 Å². The molecule has 5 nitrogen and oxygen atoms in total. The standard InChI is InChI=1S/C20H17BrN2O3S/c1-14-7-8-15(20(24)22-17-5-3-2-4-6-17)13-19(14)27(25,26)23-18-11-9-16(21)10-12-18/h2-13,23H,1H3,(H,22,24). The molecule has 1 amide bonds. The number of amides is 1. The topological polar surface area (TPSA) is 75.3 Å². The van der Waals surface area contributed by atoms with E-state index in [2.05, 4.69) is 26.0 Å². The van der Waals surface area contributed by atoms with Gasteiger partial charge >= 0.3 is 0 Å². The molecule has 0 atom stereocenters. The SMILES string of the molecule is Cc1ccc(C(=O)Nc2ccccc2)cc1S(=O)(=O)Nc1ccc(Br)cc1. The van der Waals surface area contributed by atoms with Crippen LogP contribution in [0.15, 0.2) is 82.2 Å². The molecule has 0 aliphatic carbocycles. The van der Waals surface area contributed by atoms with E-state index in [0.29, 0.717) is 16.9 Å². The zero-order chi connectivity index (χ0) is 19.4. The molecule has 0 aliphatic heterocycles. The molecule has 0 spiro atoms. The zero-order valence-corrected chi connectivity index (χ0v) is 16.8. The molecule has 0 saturated heterocycles. The van der Waals surface area contributed by atoms with E-state index in [1.54, 1.807) is 55.5 Å². The Morgan fingerprint density at radius 1 is 0.889 bits per heavy atom. The third-order valence-electron chi connectivity index (χ3n) is 3.87. The van der Waals surface area contributed by atoms with Crippen LogP contribution < -0.4 is 10.0 Å². The summed E-state index contributed by atoms with van der Waals surface area (Å²) in [7, 11) is -3.83. The van der Waals surface area contributed by atoms with Gasteiger partial charge in [-0.15, -0.1) is 0 Å². The molecule has 0 unspecified atom stereocenters. The fourth-order valence-electron chi connectivity index (χ4n) is 2.48. The molecule has 3 rings (SSSR count). The van der Waals surface area contributed by atoms with Crippen LogP contribution in [0.2, 0.25) is 0 Å². The number of aryl methyl sites for hydroxylation is 1. The number of rotatable bonds is 5. The summed E-state index contributed by atoms with van der Waals surface area (Å²) in [5.41, 5.74) is 1.90. The van der Waals surface area contributed by atoms with Crippen molar-refractivity contribution in [1.82, 2.24) is 0 Å². The lowest BCUT2D eigenvalue weighted by atomic mass is 10.1. The Bertz CT molecular complexity index is 1070. The second-order valence-corrected chi connectivity index (χ2v) is 8.48. The number of hydrogen-bond donors (Lipinski definition) is 2. The summed E-state index contributed by atoms with van der Waals surface area (Å²) in [6.07, 6.45) is 0. The number of para-hydroxylation sites is 1. The van der Waals surface area contributed by atoms with E-state index >= 15 is 0 Å². The summed E-state index contributed by atoms with van der Waals surface area (Å²) < 4.78 is 29.0. The highest BCUT2D eigenvalue weighted by atomic mass is 79.9. The molecule has 7 heteroatoms. The van der Waals surface area contributed by atoms with Crippen LogP contribution in [0.4, 0.5) is 11.4 Å². The third-order valence-corrected chi connectivity index (χ3v) is 5.92. The fraction of sp³-hybridized carbons (Fsp3) is 0.0500. The number of nitrogens with one attached hydrogen (secondary N) is 2. The van der Waals surface area contributed by atoms with Gasteiger partial charge in [-0.1, -0.05) is 40.2 Å². The van der Waals surface area contributed by atoms with Crippen molar-refractivity contribution in [2.75, 3.05) is 10.0 Å². The highest BCUT2D eigenvalue weighted by Gasteiger charge is 2.19. The smallest absolute Gasteiger partial charge is 0.262 e. The molecule has 0 heterocycles. The number of sulfonamides is 1. The molecule has 138 valence electrons. The zero-order valence-electron chi connectivity index (χ0n) is 14.4. The molecule has 0 fully saturated rings. The number of benzene rings is 3. The third kappa shape index (κ3) is 4.75. The Morgan fingerprint density at radius 2 is 1.56 bits per heavy atom. The van der Waals surface area contributed by atoms with Crippen molar-refractivity contribution in [2.24, 2.45) is 0 Å². The normalized spacial score (nSPS) is 11.0. The summed E-state index contributed by atoms with van der Waals surface area (Å²) in [4.78, 5) is 12.5. The van der Waals surface area contributed by atoms with Gasteiger partial charge in [-0.3, -0.25) is 9.52 Å². The fourth-order valence-corrected chi connectivity index (χ4v) is 4.08. The van der Waals surface area contributed by atoms with Gasteiger partial charge in [0.2, 0.25) is 0 Å². The Kier molecular flexibility index (Phi) is 5.62. The van der Waals surface area contributed by atoms with E-state index in [0.717, 1.165) is 4.47 Å². The lowest BCUT2D eigenvalue weighted by Crippen LogP contribution is -2.17. The quantitative estimate of drug-likeness (QED) is 0.592. The Morgan fingerprint density at radius 3 is 2.22 bits per heavy atom. The van der Waals surface area contributed by atoms with Gasteiger partial charge in [0, 0.05) is 21.4 Å². The van der Waals surface area contributed by atoms with Gasteiger partial charge < -0.3 is 5.32 Å². The van der Waals surface area contributed by atoms with E-state index in [1.165, 1.54) is 6.07 Å². The van der Waals surface area contributed by atoms with Crippen molar-refractivity contribution >= 4 is 43.2 Å². The molecule has 3 aromatic rings. The van der Waals surface area contributed by atoms with Gasteiger partial charge in [0.25, 0.3) is 15.9 Å². The van der Waals surface area contributed by atoms with Crippen LogP contribution in [0.1, 0.15) is 15.9 Å². The number of hydrogen-bond acceptors (Lipinski definition) is 3. The van der Waals surface area contributed by atoms with Crippen LogP contribution in [-0.2, 0) is 10.0 Å². The molecule has 0 aromatic heterocycles. The maximum absolute atomic E-state index is 12.8. The maximum Gasteiger partial charge on any atom is 0.262 e. The first kappa shape index (κ1) is 19.1. The van der Waals surface area contributed by atoms with Crippen molar-refractivity contribution in [3.8, 4) is 0 Å². The van der Waals surface area contributed by atoms with Gasteiger partial charge in [0.05, 0.1) is 4.90 Å². The van der Waals surface area contributed by atoms with Gasteiger partial charge in [0.1, 0.15) is 0 Å². The van der Waals surface area contributed by atoms with E-state index in [9.17, 15) is 13.2 Å². The highest BCUT2D eigenvalue weighted by Crippen LogP contribution is 2.22. The molecule has 0 radical (unpaired) electrons. The van der Waals surface area contributed by atoms with Gasteiger partial charge in [-0.2, -0.15) is 0 Å². The molecule has 2 N–H and O–H groups in total. The monoisotopic (exact) mass is 444 g/mol. The van der Waals surface area contributed by atoms with Gasteiger partial charge in [-0.25, -0.2) is 8.42 Å². The number of anilines is 2. The van der Waals surface area contributed by atoms with E-state index in [4.69, 9.17) is 0 Å². The average Bonchev–Trinajstić information content (AvgIpc) is 2.64. The summed E-state index contributed by atoms with van der Waals surface area (Å²) in [5, 5.41) is 2.75. The van der Waals surface area contributed by atoms with Crippen LogP contribution in [-0.4, -0.2) is 14.3 Å². The van der Waals surface area contributed by atoms with E-state index in [-0.39, 0.29) is 16.4 Å². The van der Waals surface area contributed by atoms with E-state index < -0.39 is 10.0 Å². The second-order valence-electron chi connectivity index (χ2n) is 5.91. The molecule has 0 bridgehead atoms. The summed E-state index contributed by atoms with van der Waals surface area (Å²) >= 11 is 3.31. The first-order chi connectivity index (χ1) is 12.8. The number of carbonyl (C=O) groups is 1. The van der Waals surface area contributed by atoms with E-state index in [1.807, 2.05) is 18.2 Å². The molecular formula is C20H17BrN2O3S. The van der Waals surface area contributed by atoms with Gasteiger partial charge in [0.15, 0.2) is 0 Å². The number of carbonyl (C=O) groups excluding carboxylic acids is 1. The lowest BCUT2D eigenvalue weighted by Gasteiger charge is -2.12. The predicted octanol–water partition coefficient (Wildman–Crippen LogP) is 4.81. The lowest BCUT2D eigenvalue weighted by molar-refractivity contribution is 0.102. The van der Waals surface area contributed by atoms with Crippen LogP contribution in [0.3, 0.4) is 0 Å². The molecule has 27 heavy (non-hydrogen) atoms. The van der Waals surface area contributed by atoms with Crippen LogP contribution in [0.5, 0.6) is 0 Å². The number of halogens is 1. The maximum atomic E-state index is 12.8. The van der Waals surface area contributed by atoms with Crippen molar-refractivity contribution in [3.05, 3.63) is 88.4 Å². The first-order valence-corrected chi connectivity index (χ1v) is 10.4.